The van der Waals surface area contributed by atoms with Crippen LogP contribution in [0.2, 0.25) is 0 Å². The third-order valence-electron chi connectivity index (χ3n) is 6.95. The van der Waals surface area contributed by atoms with E-state index in [1.54, 1.807) is 12.1 Å². The van der Waals surface area contributed by atoms with Gasteiger partial charge in [0, 0.05) is 37.1 Å². The van der Waals surface area contributed by atoms with Gasteiger partial charge < -0.3 is 9.64 Å². The number of rotatable bonds is 6. The SMILES string of the molecule is CC(C)[C@H](CC1CCC(=O)CC1)N1CCCc2ccc(Oc3ccc(F)cc3F)cc2C1=O. The summed E-state index contributed by atoms with van der Waals surface area (Å²) in [6, 6.07) is 8.52. The number of carbonyl (C=O) groups excluding carboxylic acids is 2. The van der Waals surface area contributed by atoms with Crippen LogP contribution in [0, 0.1) is 23.5 Å². The van der Waals surface area contributed by atoms with Gasteiger partial charge in [-0.2, -0.15) is 0 Å². The standard InChI is InChI=1S/C27H31F2NO3/c1-17(2)25(14-18-5-9-21(31)10-6-18)30-13-3-4-19-7-11-22(16-23(19)27(30)32)33-26-12-8-20(28)15-24(26)29/h7-8,11-12,15-18,25H,3-6,9-10,13-14H2,1-2H3/t25-/m0/s1. The van der Waals surface area contributed by atoms with Gasteiger partial charge in [0.15, 0.2) is 11.6 Å². The van der Waals surface area contributed by atoms with Gasteiger partial charge in [-0.1, -0.05) is 19.9 Å². The average molecular weight is 456 g/mol. The fourth-order valence-corrected chi connectivity index (χ4v) is 5.07. The summed E-state index contributed by atoms with van der Waals surface area (Å²) in [7, 11) is 0. The van der Waals surface area contributed by atoms with Crippen molar-refractivity contribution in [2.45, 2.75) is 64.8 Å². The topological polar surface area (TPSA) is 46.6 Å². The third-order valence-corrected chi connectivity index (χ3v) is 6.95. The Kier molecular flexibility index (Phi) is 7.11. The molecule has 0 bridgehead atoms. The maximum absolute atomic E-state index is 14.1. The fourth-order valence-electron chi connectivity index (χ4n) is 5.07. The largest absolute Gasteiger partial charge is 0.454 e. The van der Waals surface area contributed by atoms with E-state index < -0.39 is 11.6 Å². The summed E-state index contributed by atoms with van der Waals surface area (Å²) in [4.78, 5) is 27.3. The normalized spacial score (nSPS) is 18.3. The highest BCUT2D eigenvalue weighted by Crippen LogP contribution is 2.33. The number of amides is 1. The molecule has 1 atom stereocenters. The molecule has 1 fully saturated rings. The summed E-state index contributed by atoms with van der Waals surface area (Å²) in [5.74, 6) is -0.126. The molecule has 4 rings (SSSR count). The first kappa shape index (κ1) is 23.4. The van der Waals surface area contributed by atoms with Gasteiger partial charge in [0.2, 0.25) is 0 Å². The van der Waals surface area contributed by atoms with Gasteiger partial charge in [0.25, 0.3) is 5.91 Å². The molecular weight excluding hydrogens is 424 g/mol. The summed E-state index contributed by atoms with van der Waals surface area (Å²) in [5, 5.41) is 0. The zero-order valence-electron chi connectivity index (χ0n) is 19.3. The van der Waals surface area contributed by atoms with E-state index in [2.05, 4.69) is 13.8 Å². The Morgan fingerprint density at radius 1 is 1.03 bits per heavy atom. The maximum Gasteiger partial charge on any atom is 0.254 e. The van der Waals surface area contributed by atoms with Crippen molar-refractivity contribution >= 4 is 11.7 Å². The Labute approximate surface area is 193 Å². The number of Topliss-reactive ketones (excluding diaryl/α,β-unsaturated/α-hetero) is 1. The number of ketones is 1. The van der Waals surface area contributed by atoms with E-state index in [1.807, 2.05) is 11.0 Å². The quantitative estimate of drug-likeness (QED) is 0.512. The third kappa shape index (κ3) is 5.43. The zero-order valence-corrected chi connectivity index (χ0v) is 19.3. The number of fused-ring (bicyclic) bond motifs is 1. The van der Waals surface area contributed by atoms with E-state index in [0.717, 1.165) is 49.8 Å². The van der Waals surface area contributed by atoms with Gasteiger partial charge >= 0.3 is 0 Å². The van der Waals surface area contributed by atoms with Crippen LogP contribution in [0.5, 0.6) is 11.5 Å². The molecule has 4 nitrogen and oxygen atoms in total. The fraction of sp³-hybridized carbons (Fsp3) is 0.481. The minimum absolute atomic E-state index is 0.0295. The number of aryl methyl sites for hydroxylation is 1. The monoisotopic (exact) mass is 455 g/mol. The second-order valence-corrected chi connectivity index (χ2v) is 9.63. The molecule has 1 saturated carbocycles. The zero-order chi connectivity index (χ0) is 23.5. The van der Waals surface area contributed by atoms with E-state index in [0.29, 0.717) is 48.3 Å². The lowest BCUT2D eigenvalue weighted by molar-refractivity contribution is -0.121. The van der Waals surface area contributed by atoms with Crippen molar-refractivity contribution in [1.82, 2.24) is 4.90 Å². The molecule has 33 heavy (non-hydrogen) atoms. The van der Waals surface area contributed by atoms with Crippen molar-refractivity contribution in [3.63, 3.8) is 0 Å². The minimum atomic E-state index is -0.788. The molecule has 2 aromatic rings. The predicted octanol–water partition coefficient (Wildman–Crippen LogP) is 6.32. The second-order valence-electron chi connectivity index (χ2n) is 9.63. The Hall–Kier alpha value is -2.76. The van der Waals surface area contributed by atoms with Gasteiger partial charge in [0.1, 0.15) is 17.3 Å². The van der Waals surface area contributed by atoms with Crippen molar-refractivity contribution in [2.75, 3.05) is 6.54 Å². The van der Waals surface area contributed by atoms with Gasteiger partial charge in [0.05, 0.1) is 0 Å². The molecule has 2 aliphatic rings. The minimum Gasteiger partial charge on any atom is -0.454 e. The molecule has 0 N–H and O–H groups in total. The molecule has 0 aromatic heterocycles. The van der Waals surface area contributed by atoms with E-state index in [4.69, 9.17) is 4.74 Å². The summed E-state index contributed by atoms with van der Waals surface area (Å²) in [5.41, 5.74) is 1.54. The van der Waals surface area contributed by atoms with Crippen molar-refractivity contribution < 1.29 is 23.1 Å². The van der Waals surface area contributed by atoms with E-state index in [1.165, 1.54) is 6.07 Å². The Morgan fingerprint density at radius 3 is 2.48 bits per heavy atom. The molecule has 1 heterocycles. The molecule has 0 saturated heterocycles. The van der Waals surface area contributed by atoms with Crippen LogP contribution in [0.3, 0.4) is 0 Å². The van der Waals surface area contributed by atoms with Crippen molar-refractivity contribution in [3.8, 4) is 11.5 Å². The van der Waals surface area contributed by atoms with Crippen LogP contribution in [0.1, 0.15) is 68.3 Å². The van der Waals surface area contributed by atoms with Crippen molar-refractivity contribution in [3.05, 3.63) is 59.2 Å². The van der Waals surface area contributed by atoms with Crippen LogP contribution in [0.15, 0.2) is 36.4 Å². The molecule has 0 radical (unpaired) electrons. The highest BCUT2D eigenvalue weighted by molar-refractivity contribution is 5.96. The summed E-state index contributed by atoms with van der Waals surface area (Å²) < 4.78 is 32.9. The van der Waals surface area contributed by atoms with Gasteiger partial charge in [-0.15, -0.1) is 0 Å². The van der Waals surface area contributed by atoms with Crippen LogP contribution >= 0.6 is 0 Å². The van der Waals surface area contributed by atoms with Gasteiger partial charge in [-0.05, 0) is 73.8 Å². The molecule has 1 aliphatic carbocycles. The Bertz CT molecular complexity index is 1030. The van der Waals surface area contributed by atoms with Crippen molar-refractivity contribution in [2.24, 2.45) is 11.8 Å². The van der Waals surface area contributed by atoms with Crippen LogP contribution in [0.4, 0.5) is 8.78 Å². The number of ether oxygens (including phenoxy) is 1. The highest BCUT2D eigenvalue weighted by atomic mass is 19.1. The first-order valence-corrected chi connectivity index (χ1v) is 11.9. The number of carbonyl (C=O) groups is 2. The molecule has 6 heteroatoms. The lowest BCUT2D eigenvalue weighted by atomic mass is 9.81. The van der Waals surface area contributed by atoms with Crippen LogP contribution in [0.25, 0.3) is 0 Å². The Morgan fingerprint density at radius 2 is 1.79 bits per heavy atom. The number of hydrogen-bond acceptors (Lipinski definition) is 3. The molecule has 0 spiro atoms. The van der Waals surface area contributed by atoms with E-state index in [-0.39, 0.29) is 17.7 Å². The molecule has 0 unspecified atom stereocenters. The molecule has 1 aliphatic heterocycles. The molecule has 1 amide bonds. The summed E-state index contributed by atoms with van der Waals surface area (Å²) in [6.45, 7) is 4.98. The number of nitrogens with zero attached hydrogens (tertiary/aromatic N) is 1. The molecular formula is C27H31F2NO3. The molecule has 2 aromatic carbocycles. The van der Waals surface area contributed by atoms with Crippen molar-refractivity contribution in [1.29, 1.82) is 0 Å². The van der Waals surface area contributed by atoms with E-state index in [9.17, 15) is 18.4 Å². The number of benzene rings is 2. The lowest BCUT2D eigenvalue weighted by Gasteiger charge is -2.37. The summed E-state index contributed by atoms with van der Waals surface area (Å²) in [6.07, 6.45) is 5.66. The van der Waals surface area contributed by atoms with Crippen LogP contribution in [-0.2, 0) is 11.2 Å². The molecule has 176 valence electrons. The first-order valence-electron chi connectivity index (χ1n) is 11.9. The average Bonchev–Trinajstić information content (AvgIpc) is 2.94. The summed E-state index contributed by atoms with van der Waals surface area (Å²) >= 11 is 0. The van der Waals surface area contributed by atoms with Crippen LogP contribution < -0.4 is 4.74 Å². The van der Waals surface area contributed by atoms with Gasteiger partial charge in [-0.25, -0.2) is 8.78 Å². The highest BCUT2D eigenvalue weighted by Gasteiger charge is 2.33. The number of halogens is 2. The first-order chi connectivity index (χ1) is 15.8. The van der Waals surface area contributed by atoms with Gasteiger partial charge in [-0.3, -0.25) is 9.59 Å². The Balaban J connectivity index is 1.56. The van der Waals surface area contributed by atoms with Crippen LogP contribution in [-0.4, -0.2) is 29.2 Å². The van der Waals surface area contributed by atoms with E-state index >= 15 is 0 Å². The number of hydrogen-bond donors (Lipinski definition) is 0. The predicted molar refractivity (Wildman–Crippen MR) is 122 cm³/mol. The maximum atomic E-state index is 14.1. The smallest absolute Gasteiger partial charge is 0.254 e. The second kappa shape index (κ2) is 10.0. The lowest BCUT2D eigenvalue weighted by Crippen LogP contribution is -2.44.